The molecule has 3 aromatic rings. The highest BCUT2D eigenvalue weighted by atomic mass is 19.1. The van der Waals surface area contributed by atoms with Crippen molar-refractivity contribution < 1.29 is 4.39 Å². The average Bonchev–Trinajstić information content (AvgIpc) is 2.78. The molecule has 0 amide bonds. The largest absolute Gasteiger partial charge is 0.397 e. The molecule has 0 fully saturated rings. The summed E-state index contributed by atoms with van der Waals surface area (Å²) in [7, 11) is 1.97. The van der Waals surface area contributed by atoms with E-state index in [-0.39, 0.29) is 11.5 Å². The van der Waals surface area contributed by atoms with Crippen LogP contribution in [0.15, 0.2) is 79.5 Å². The molecular formula is C25H27FN4. The summed E-state index contributed by atoms with van der Waals surface area (Å²) in [6.45, 7) is 5.78. The van der Waals surface area contributed by atoms with E-state index < -0.39 is 0 Å². The van der Waals surface area contributed by atoms with Gasteiger partial charge >= 0.3 is 0 Å². The van der Waals surface area contributed by atoms with Gasteiger partial charge < -0.3 is 16.5 Å². The molecule has 0 aliphatic heterocycles. The van der Waals surface area contributed by atoms with Crippen LogP contribution in [0.5, 0.6) is 0 Å². The van der Waals surface area contributed by atoms with Crippen LogP contribution in [0.25, 0.3) is 12.2 Å². The maximum absolute atomic E-state index is 13.1. The second-order valence-corrected chi connectivity index (χ2v) is 6.62. The number of rotatable bonds is 6. The van der Waals surface area contributed by atoms with Crippen molar-refractivity contribution in [3.05, 3.63) is 108 Å². The summed E-state index contributed by atoms with van der Waals surface area (Å²) in [5.41, 5.74) is 9.71. The van der Waals surface area contributed by atoms with Crippen LogP contribution < -0.4 is 11.1 Å². The lowest BCUT2D eigenvalue weighted by atomic mass is 10.1. The molecule has 1 unspecified atom stereocenters. The monoisotopic (exact) mass is 402 g/mol. The Morgan fingerprint density at radius 2 is 1.90 bits per heavy atom. The molecule has 1 atom stereocenters. The second-order valence-electron chi connectivity index (χ2n) is 6.62. The Bertz CT molecular complexity index is 1010. The van der Waals surface area contributed by atoms with Gasteiger partial charge in [0.2, 0.25) is 0 Å². The Kier molecular flexibility index (Phi) is 8.66. The Hall–Kier alpha value is -3.57. The van der Waals surface area contributed by atoms with Gasteiger partial charge in [-0.3, -0.25) is 4.98 Å². The van der Waals surface area contributed by atoms with E-state index in [1.165, 1.54) is 23.9 Å². The Labute approximate surface area is 177 Å². The number of nitrogens with zero attached hydrogens (tertiary/aromatic N) is 1. The minimum absolute atomic E-state index is 0.234. The highest BCUT2D eigenvalue weighted by Crippen LogP contribution is 2.15. The zero-order valence-corrected chi connectivity index (χ0v) is 17.3. The minimum Gasteiger partial charge on any atom is -0.397 e. The van der Waals surface area contributed by atoms with Crippen LogP contribution in [-0.2, 0) is 0 Å². The number of hydrogen-bond acceptors (Lipinski definition) is 4. The predicted molar refractivity (Wildman–Crippen MR) is 125 cm³/mol. The van der Waals surface area contributed by atoms with E-state index in [0.29, 0.717) is 28.6 Å². The number of allylic oxidation sites excluding steroid dienone is 1. The summed E-state index contributed by atoms with van der Waals surface area (Å²) in [5, 5.41) is 11.2. The molecule has 0 spiro atoms. The molecule has 0 aliphatic rings. The summed E-state index contributed by atoms with van der Waals surface area (Å²) < 4.78 is 13.1. The smallest absolute Gasteiger partial charge is 0.123 e. The Morgan fingerprint density at radius 1 is 1.17 bits per heavy atom. The van der Waals surface area contributed by atoms with E-state index in [4.69, 9.17) is 11.1 Å². The quantitative estimate of drug-likeness (QED) is 0.477. The van der Waals surface area contributed by atoms with Gasteiger partial charge in [-0.05, 0) is 55.4 Å². The molecule has 0 radical (unpaired) electrons. The number of nitrogens with two attached hydrogens (primary N) is 1. The van der Waals surface area contributed by atoms with Crippen molar-refractivity contribution in [2.45, 2.75) is 13.0 Å². The first-order valence-electron chi connectivity index (χ1n) is 9.57. The number of halogens is 1. The van der Waals surface area contributed by atoms with Crippen LogP contribution in [0.1, 0.15) is 35.3 Å². The van der Waals surface area contributed by atoms with Gasteiger partial charge in [0.05, 0.1) is 23.3 Å². The third kappa shape index (κ3) is 6.79. The van der Waals surface area contributed by atoms with Crippen molar-refractivity contribution in [2.75, 3.05) is 12.8 Å². The van der Waals surface area contributed by atoms with Gasteiger partial charge in [-0.1, -0.05) is 55.1 Å². The first-order valence-corrected chi connectivity index (χ1v) is 9.57. The zero-order chi connectivity index (χ0) is 21.9. The lowest BCUT2D eigenvalue weighted by Gasteiger charge is -2.08. The molecule has 3 rings (SSSR count). The van der Waals surface area contributed by atoms with Gasteiger partial charge in [-0.15, -0.1) is 0 Å². The molecule has 2 aromatic carbocycles. The van der Waals surface area contributed by atoms with Crippen LogP contribution >= 0.6 is 0 Å². The third-order valence-electron chi connectivity index (χ3n) is 4.48. The molecule has 5 heteroatoms. The molecule has 0 bridgehead atoms. The van der Waals surface area contributed by atoms with Crippen molar-refractivity contribution in [3.8, 4) is 0 Å². The van der Waals surface area contributed by atoms with E-state index >= 15 is 0 Å². The van der Waals surface area contributed by atoms with Crippen molar-refractivity contribution in [1.29, 1.82) is 5.41 Å². The molecule has 1 aromatic heterocycles. The van der Waals surface area contributed by atoms with Gasteiger partial charge in [-0.2, -0.15) is 0 Å². The topological polar surface area (TPSA) is 74.8 Å². The van der Waals surface area contributed by atoms with Crippen molar-refractivity contribution in [2.24, 2.45) is 0 Å². The van der Waals surface area contributed by atoms with E-state index in [9.17, 15) is 4.39 Å². The molecule has 4 N–H and O–H groups in total. The number of anilines is 1. The number of hydrogen-bond donors (Lipinski definition) is 3. The number of benzene rings is 2. The van der Waals surface area contributed by atoms with Gasteiger partial charge in [0, 0.05) is 11.6 Å². The van der Waals surface area contributed by atoms with Crippen LogP contribution in [0.2, 0.25) is 0 Å². The summed E-state index contributed by atoms with van der Waals surface area (Å²) >= 11 is 0. The lowest BCUT2D eigenvalue weighted by Crippen LogP contribution is -2.11. The fourth-order valence-corrected chi connectivity index (χ4v) is 2.61. The first-order chi connectivity index (χ1) is 14.4. The van der Waals surface area contributed by atoms with E-state index in [2.05, 4.69) is 48.1 Å². The van der Waals surface area contributed by atoms with Gasteiger partial charge in [-0.25, -0.2) is 4.39 Å². The summed E-state index contributed by atoms with van der Waals surface area (Å²) in [6.07, 6.45) is 6.33. The average molecular weight is 403 g/mol. The first kappa shape index (κ1) is 22.7. The van der Waals surface area contributed by atoms with Gasteiger partial charge in [0.1, 0.15) is 5.82 Å². The fourth-order valence-electron chi connectivity index (χ4n) is 2.61. The molecule has 154 valence electrons. The standard InChI is InChI=1S/C16H14FN3.C9H13N/c1-2-13-9-14(16(19)10-20-13)15(18)7-6-11-4-3-5-12(17)8-11;1-8(10-2)9-6-4-3-5-7-9/h2-10,18H,1,19H2;3-8,10H,1-2H3/b7-6+,18-15?;. The summed E-state index contributed by atoms with van der Waals surface area (Å²) in [5.74, 6) is -0.309. The zero-order valence-electron chi connectivity index (χ0n) is 17.3. The maximum Gasteiger partial charge on any atom is 0.123 e. The minimum atomic E-state index is -0.309. The third-order valence-corrected chi connectivity index (χ3v) is 4.48. The van der Waals surface area contributed by atoms with Crippen LogP contribution in [-0.4, -0.2) is 17.7 Å². The van der Waals surface area contributed by atoms with Crippen molar-refractivity contribution in [1.82, 2.24) is 10.3 Å². The molecule has 0 aliphatic carbocycles. The molecule has 0 saturated heterocycles. The van der Waals surface area contributed by atoms with E-state index in [0.717, 1.165) is 0 Å². The normalized spacial score (nSPS) is 11.4. The lowest BCUT2D eigenvalue weighted by molar-refractivity contribution is 0.627. The van der Waals surface area contributed by atoms with Crippen molar-refractivity contribution in [3.63, 3.8) is 0 Å². The fraction of sp³-hybridized carbons (Fsp3) is 0.120. The molecule has 4 nitrogen and oxygen atoms in total. The molecule has 1 heterocycles. The number of nitrogens with one attached hydrogen (secondary N) is 2. The number of aromatic nitrogens is 1. The van der Waals surface area contributed by atoms with E-state index in [1.807, 2.05) is 13.1 Å². The van der Waals surface area contributed by atoms with E-state index in [1.54, 1.807) is 36.4 Å². The highest BCUT2D eigenvalue weighted by molar-refractivity contribution is 6.11. The number of nitrogen functional groups attached to an aromatic ring is 1. The Morgan fingerprint density at radius 3 is 2.53 bits per heavy atom. The Balaban J connectivity index is 0.000000269. The molecular weight excluding hydrogens is 375 g/mol. The van der Waals surface area contributed by atoms with Crippen LogP contribution in [0, 0.1) is 11.2 Å². The van der Waals surface area contributed by atoms with Crippen LogP contribution in [0.3, 0.4) is 0 Å². The predicted octanol–water partition coefficient (Wildman–Crippen LogP) is 5.49. The second kappa shape index (κ2) is 11.4. The SMILES string of the molecule is C=Cc1cc(C(=N)/C=C/c2cccc(F)c2)c(N)cn1.CNC(C)c1ccccc1. The highest BCUT2D eigenvalue weighted by Gasteiger charge is 2.04. The van der Waals surface area contributed by atoms with Gasteiger partial charge in [0.25, 0.3) is 0 Å². The maximum atomic E-state index is 13.1. The summed E-state index contributed by atoms with van der Waals surface area (Å²) in [6, 6.07) is 18.7. The molecule has 0 saturated carbocycles. The number of pyridine rings is 1. The summed E-state index contributed by atoms with van der Waals surface area (Å²) in [4.78, 5) is 4.06. The van der Waals surface area contributed by atoms with Gasteiger partial charge in [0.15, 0.2) is 0 Å². The molecule has 30 heavy (non-hydrogen) atoms. The van der Waals surface area contributed by atoms with Crippen molar-refractivity contribution >= 4 is 23.6 Å². The van der Waals surface area contributed by atoms with Crippen LogP contribution in [0.4, 0.5) is 10.1 Å².